The van der Waals surface area contributed by atoms with E-state index in [0.29, 0.717) is 6.42 Å². The smallest absolute Gasteiger partial charge is 0.390 e. The van der Waals surface area contributed by atoms with E-state index in [-0.39, 0.29) is 24.2 Å². The van der Waals surface area contributed by atoms with Crippen molar-refractivity contribution in [1.82, 2.24) is 14.6 Å². The number of aliphatic hydroxyl groups is 1. The molecule has 0 radical (unpaired) electrons. The molecule has 0 amide bonds. The maximum absolute atomic E-state index is 12.1. The van der Waals surface area contributed by atoms with Gasteiger partial charge in [-0.1, -0.05) is 30.3 Å². The summed E-state index contributed by atoms with van der Waals surface area (Å²) >= 11 is 1.29. The molecule has 2 heterocycles. The first-order valence-corrected chi connectivity index (χ1v) is 10.8. The van der Waals surface area contributed by atoms with Gasteiger partial charge in [-0.3, -0.25) is 9.09 Å². The summed E-state index contributed by atoms with van der Waals surface area (Å²) in [6, 6.07) is 10.7. The summed E-state index contributed by atoms with van der Waals surface area (Å²) in [5, 5.41) is 12.0. The van der Waals surface area contributed by atoms with Crippen LogP contribution in [0, 0.1) is 0 Å². The van der Waals surface area contributed by atoms with Gasteiger partial charge in [-0.25, -0.2) is 14.4 Å². The fourth-order valence-corrected chi connectivity index (χ4v) is 5.11. The number of nitrogen functional groups attached to an aromatic ring is 1. The van der Waals surface area contributed by atoms with Crippen molar-refractivity contribution in [2.75, 3.05) is 12.3 Å². The Labute approximate surface area is 160 Å². The number of aromatic nitrogens is 2. The van der Waals surface area contributed by atoms with Gasteiger partial charge in [0.2, 0.25) is 0 Å². The molecule has 1 fully saturated rings. The van der Waals surface area contributed by atoms with Crippen molar-refractivity contribution in [3.8, 4) is 0 Å². The Balaban J connectivity index is 1.54. The van der Waals surface area contributed by atoms with Gasteiger partial charge in [0.05, 0.1) is 12.7 Å². The molecule has 4 unspecified atom stereocenters. The highest BCUT2D eigenvalue weighted by atomic mass is 32.2. The maximum Gasteiger partial charge on any atom is 0.403 e. The zero-order chi connectivity index (χ0) is 19.4. The van der Waals surface area contributed by atoms with E-state index in [2.05, 4.69) is 10.1 Å². The second-order valence-electron chi connectivity index (χ2n) is 6.13. The quantitative estimate of drug-likeness (QED) is 0.492. The van der Waals surface area contributed by atoms with Crippen LogP contribution in [0.2, 0.25) is 0 Å². The Morgan fingerprint density at radius 1 is 1.37 bits per heavy atom. The van der Waals surface area contributed by atoms with E-state index in [0.717, 1.165) is 5.56 Å². The second-order valence-corrected chi connectivity index (χ2v) is 9.17. The highest BCUT2D eigenvalue weighted by Gasteiger charge is 2.37. The lowest BCUT2D eigenvalue weighted by atomic mass is 10.2. The Bertz CT molecular complexity index is 881. The zero-order valence-corrected chi connectivity index (χ0v) is 16.1. The lowest BCUT2D eigenvalue weighted by Crippen LogP contribution is -2.29. The van der Waals surface area contributed by atoms with E-state index in [1.165, 1.54) is 28.6 Å². The number of hydrogen-bond acceptors (Lipinski definition) is 7. The van der Waals surface area contributed by atoms with Crippen molar-refractivity contribution in [3.63, 3.8) is 0 Å². The van der Waals surface area contributed by atoms with Crippen LogP contribution in [-0.4, -0.2) is 37.5 Å². The van der Waals surface area contributed by atoms with E-state index < -0.39 is 24.9 Å². The van der Waals surface area contributed by atoms with Crippen molar-refractivity contribution in [1.29, 1.82) is 0 Å². The number of benzene rings is 1. The summed E-state index contributed by atoms with van der Waals surface area (Å²) in [6.45, 7) is 0.162. The Kier molecular flexibility index (Phi) is 6.36. The van der Waals surface area contributed by atoms with Crippen molar-refractivity contribution in [2.24, 2.45) is 0 Å². The molecule has 9 nitrogen and oxygen atoms in total. The number of aliphatic hydroxyl groups excluding tert-OH is 1. The van der Waals surface area contributed by atoms with Gasteiger partial charge in [0.25, 0.3) is 0 Å². The molecule has 27 heavy (non-hydrogen) atoms. The summed E-state index contributed by atoms with van der Waals surface area (Å²) in [4.78, 5) is 25.5. The van der Waals surface area contributed by atoms with Crippen LogP contribution in [0.15, 0.2) is 47.4 Å². The largest absolute Gasteiger partial charge is 0.403 e. The number of hydrogen-bond donors (Lipinski definition) is 4. The number of rotatable bonds is 7. The summed E-state index contributed by atoms with van der Waals surface area (Å²) in [6.07, 6.45) is 1.000. The van der Waals surface area contributed by atoms with Crippen molar-refractivity contribution < 1.29 is 19.1 Å². The SMILES string of the molecule is Nc1ccn(C2SC(COP(=O)(O)NCc3ccccc3)CC2O)c(=O)n1. The minimum atomic E-state index is -3.98. The van der Waals surface area contributed by atoms with Crippen molar-refractivity contribution >= 4 is 25.3 Å². The van der Waals surface area contributed by atoms with Crippen LogP contribution in [0.4, 0.5) is 5.82 Å². The van der Waals surface area contributed by atoms with Gasteiger partial charge < -0.3 is 15.7 Å². The van der Waals surface area contributed by atoms with E-state index in [1.54, 1.807) is 0 Å². The third kappa shape index (κ3) is 5.41. The summed E-state index contributed by atoms with van der Waals surface area (Å²) in [7, 11) is -3.98. The summed E-state index contributed by atoms with van der Waals surface area (Å²) in [5.74, 6) is 0.110. The number of nitrogens with one attached hydrogen (secondary N) is 1. The Morgan fingerprint density at radius 2 is 2.11 bits per heavy atom. The van der Waals surface area contributed by atoms with Gasteiger partial charge in [-0.05, 0) is 18.1 Å². The second kappa shape index (κ2) is 8.55. The lowest BCUT2D eigenvalue weighted by Gasteiger charge is -2.17. The average Bonchev–Trinajstić information content (AvgIpc) is 3.00. The molecule has 4 atom stereocenters. The topological polar surface area (TPSA) is 140 Å². The normalized spacial score (nSPS) is 24.6. The first-order chi connectivity index (χ1) is 12.8. The van der Waals surface area contributed by atoms with Gasteiger partial charge in [0, 0.05) is 18.0 Å². The molecule has 146 valence electrons. The van der Waals surface area contributed by atoms with E-state index in [9.17, 15) is 19.4 Å². The third-order valence-electron chi connectivity index (χ3n) is 4.05. The van der Waals surface area contributed by atoms with Crippen LogP contribution >= 0.6 is 19.5 Å². The monoisotopic (exact) mass is 412 g/mol. The maximum atomic E-state index is 12.1. The summed E-state index contributed by atoms with van der Waals surface area (Å²) < 4.78 is 18.6. The van der Waals surface area contributed by atoms with Gasteiger partial charge in [-0.2, -0.15) is 4.98 Å². The number of nitrogens with zero attached hydrogens (tertiary/aromatic N) is 2. The first-order valence-electron chi connectivity index (χ1n) is 8.28. The van der Waals surface area contributed by atoms with E-state index >= 15 is 0 Å². The molecular formula is C16H21N4O5PS. The molecule has 1 aromatic carbocycles. The highest BCUT2D eigenvalue weighted by molar-refractivity contribution is 8.00. The molecule has 0 aliphatic carbocycles. The first kappa shape index (κ1) is 20.1. The highest BCUT2D eigenvalue weighted by Crippen LogP contribution is 2.44. The van der Waals surface area contributed by atoms with Crippen molar-refractivity contribution in [2.45, 2.75) is 29.7 Å². The predicted molar refractivity (Wildman–Crippen MR) is 103 cm³/mol. The standard InChI is InChI=1S/C16H21N4O5PS/c17-14-6-7-20(16(22)19-14)15-13(21)8-12(27-15)10-25-26(23,24)18-9-11-4-2-1-3-5-11/h1-7,12-13,15,21H,8-10H2,(H2,17,19,22)(H2,18,23,24). The molecule has 0 saturated carbocycles. The van der Waals surface area contributed by atoms with Crippen molar-refractivity contribution in [3.05, 3.63) is 58.6 Å². The van der Waals surface area contributed by atoms with Crippen LogP contribution in [0.5, 0.6) is 0 Å². The Morgan fingerprint density at radius 3 is 2.81 bits per heavy atom. The molecule has 1 aromatic heterocycles. The number of thioether (sulfide) groups is 1. The van der Waals surface area contributed by atoms with Gasteiger partial charge in [-0.15, -0.1) is 11.8 Å². The molecule has 11 heteroatoms. The van der Waals surface area contributed by atoms with Crippen LogP contribution in [-0.2, 0) is 15.6 Å². The van der Waals surface area contributed by atoms with Gasteiger partial charge in [0.15, 0.2) is 0 Å². The molecule has 0 spiro atoms. The number of nitrogens with two attached hydrogens (primary N) is 1. The van der Waals surface area contributed by atoms with Crippen LogP contribution in [0.3, 0.4) is 0 Å². The predicted octanol–water partition coefficient (Wildman–Crippen LogP) is 1.10. The van der Waals surface area contributed by atoms with Crippen LogP contribution in [0.1, 0.15) is 17.4 Å². The number of anilines is 1. The molecule has 1 aliphatic rings. The molecule has 3 rings (SSSR count). The fraction of sp³-hybridized carbons (Fsp3) is 0.375. The minimum Gasteiger partial charge on any atom is -0.390 e. The molecule has 0 bridgehead atoms. The molecular weight excluding hydrogens is 391 g/mol. The van der Waals surface area contributed by atoms with Crippen LogP contribution in [0.25, 0.3) is 0 Å². The minimum absolute atomic E-state index is 0.0368. The molecule has 1 aliphatic heterocycles. The average molecular weight is 412 g/mol. The van der Waals surface area contributed by atoms with Gasteiger partial charge in [0.1, 0.15) is 11.2 Å². The molecule has 5 N–H and O–H groups in total. The van der Waals surface area contributed by atoms with Gasteiger partial charge >= 0.3 is 13.4 Å². The summed E-state index contributed by atoms with van der Waals surface area (Å²) in [5.41, 5.74) is 5.78. The zero-order valence-electron chi connectivity index (χ0n) is 14.3. The Hall–Kier alpha value is -1.68. The van der Waals surface area contributed by atoms with Crippen LogP contribution < -0.4 is 16.5 Å². The van der Waals surface area contributed by atoms with E-state index in [1.807, 2.05) is 30.3 Å². The third-order valence-corrected chi connectivity index (χ3v) is 6.64. The molecule has 1 saturated heterocycles. The lowest BCUT2D eigenvalue weighted by molar-refractivity contribution is 0.141. The fourth-order valence-electron chi connectivity index (χ4n) is 2.72. The van der Waals surface area contributed by atoms with E-state index in [4.69, 9.17) is 10.3 Å². The molecule has 2 aromatic rings.